The molecule has 0 bridgehead atoms. The van der Waals surface area contributed by atoms with Gasteiger partial charge < -0.3 is 13.9 Å². The first-order valence-corrected chi connectivity index (χ1v) is 10.6. The molecule has 0 fully saturated rings. The molecule has 28 heavy (non-hydrogen) atoms. The lowest BCUT2D eigenvalue weighted by Crippen LogP contribution is -2.49. The minimum absolute atomic E-state index is 0. The maximum Gasteiger partial charge on any atom is 0.217 e. The van der Waals surface area contributed by atoms with Gasteiger partial charge in [-0.1, -0.05) is 36.0 Å². The monoisotopic (exact) mass is 446 g/mol. The van der Waals surface area contributed by atoms with Crippen molar-refractivity contribution in [3.05, 3.63) is 48.5 Å². The summed E-state index contributed by atoms with van der Waals surface area (Å²) in [5, 5.41) is 0. The first kappa shape index (κ1) is 24.7. The number of halogens is 1. The summed E-state index contributed by atoms with van der Waals surface area (Å²) in [4.78, 5) is 5.18. The van der Waals surface area contributed by atoms with Crippen molar-refractivity contribution in [3.8, 4) is 0 Å². The normalized spacial score (nSPS) is 14.0. The number of nitrogens with zero attached hydrogens (tertiary/aromatic N) is 2. The number of anilines is 2. The van der Waals surface area contributed by atoms with Gasteiger partial charge in [0.2, 0.25) is 10.4 Å². The third-order valence-electron chi connectivity index (χ3n) is 4.51. The predicted octanol–water partition coefficient (Wildman–Crippen LogP) is 3.90. The van der Waals surface area contributed by atoms with E-state index in [-0.39, 0.29) is 12.4 Å². The van der Waals surface area contributed by atoms with Crippen LogP contribution in [0.15, 0.2) is 58.3 Å². The molecule has 1 atom stereocenters. The van der Waals surface area contributed by atoms with Crippen molar-refractivity contribution >= 4 is 45.9 Å². The zero-order valence-electron chi connectivity index (χ0n) is 16.7. The van der Waals surface area contributed by atoms with Crippen molar-refractivity contribution in [2.75, 3.05) is 39.7 Å². The number of benzene rings is 2. The molecular formula is C19H27ClN2O4S2. The number of fused-ring (bicyclic) bond motifs is 2. The molecule has 9 heteroatoms. The molecule has 1 aliphatic heterocycles. The van der Waals surface area contributed by atoms with Crippen LogP contribution < -0.4 is 4.90 Å². The highest BCUT2D eigenvalue weighted by Crippen LogP contribution is 2.47. The van der Waals surface area contributed by atoms with E-state index < -0.39 is 10.4 Å². The Kier molecular flexibility index (Phi) is 8.80. The van der Waals surface area contributed by atoms with Crippen molar-refractivity contribution in [1.29, 1.82) is 0 Å². The molecule has 1 heterocycles. The first-order chi connectivity index (χ1) is 12.5. The molecule has 3 rings (SSSR count). The number of hydrogen-bond donors (Lipinski definition) is 0. The molecule has 0 aliphatic carbocycles. The molecule has 6 nitrogen and oxygen atoms in total. The van der Waals surface area contributed by atoms with Crippen molar-refractivity contribution < 1.29 is 21.6 Å². The summed E-state index contributed by atoms with van der Waals surface area (Å²) in [5.41, 5.74) is 2.67. The summed E-state index contributed by atoms with van der Waals surface area (Å²) in [7, 11) is 3.19. The molecule has 0 aromatic heterocycles. The van der Waals surface area contributed by atoms with Gasteiger partial charge in [0.15, 0.2) is 0 Å². The predicted molar refractivity (Wildman–Crippen MR) is 115 cm³/mol. The minimum Gasteiger partial charge on any atom is -0.726 e. The van der Waals surface area contributed by atoms with Crippen LogP contribution in [-0.4, -0.2) is 58.3 Å². The fourth-order valence-corrected chi connectivity index (χ4v) is 3.58. The van der Waals surface area contributed by atoms with Gasteiger partial charge in [0, 0.05) is 9.79 Å². The number of para-hydroxylation sites is 2. The van der Waals surface area contributed by atoms with E-state index in [1.165, 1.54) is 21.2 Å². The third-order valence-corrected chi connectivity index (χ3v) is 6.04. The van der Waals surface area contributed by atoms with Gasteiger partial charge in [0.05, 0.1) is 46.2 Å². The summed E-state index contributed by atoms with van der Waals surface area (Å²) in [6, 6.07) is 18.0. The summed E-state index contributed by atoms with van der Waals surface area (Å²) < 4.78 is 32.0. The largest absolute Gasteiger partial charge is 0.726 e. The molecule has 2 aromatic rings. The number of likely N-dealkylation sites (N-methyl/N-ethyl adjacent to an activating group) is 1. The molecule has 0 saturated carbocycles. The van der Waals surface area contributed by atoms with E-state index >= 15 is 0 Å². The van der Waals surface area contributed by atoms with Gasteiger partial charge in [-0.25, -0.2) is 8.42 Å². The van der Waals surface area contributed by atoms with Gasteiger partial charge in [-0.15, -0.1) is 12.4 Å². The van der Waals surface area contributed by atoms with Crippen LogP contribution >= 0.6 is 24.2 Å². The van der Waals surface area contributed by atoms with Gasteiger partial charge in [0.1, 0.15) is 6.04 Å². The van der Waals surface area contributed by atoms with Crippen LogP contribution in [0.25, 0.3) is 0 Å². The van der Waals surface area contributed by atoms with Crippen molar-refractivity contribution in [3.63, 3.8) is 0 Å². The Hall–Kier alpha value is -1.29. The van der Waals surface area contributed by atoms with Crippen LogP contribution in [0.2, 0.25) is 0 Å². The summed E-state index contributed by atoms with van der Waals surface area (Å²) in [6.07, 6.45) is 0. The SMILES string of the molecule is CC(CN1c2ccccc2Sc2ccccc21)[N+](C)(C)C.COS(=O)(=O)[O-].Cl. The quantitative estimate of drug-likeness (QED) is 0.403. The summed E-state index contributed by atoms with van der Waals surface area (Å²) in [6.45, 7) is 3.35. The van der Waals surface area contributed by atoms with Crippen LogP contribution in [0, 0.1) is 0 Å². The lowest BCUT2D eigenvalue weighted by atomic mass is 10.1. The van der Waals surface area contributed by atoms with Crippen LogP contribution in [0.1, 0.15) is 6.92 Å². The number of rotatable bonds is 4. The van der Waals surface area contributed by atoms with Gasteiger partial charge in [-0.2, -0.15) is 0 Å². The highest BCUT2D eigenvalue weighted by molar-refractivity contribution is 7.99. The highest BCUT2D eigenvalue weighted by Gasteiger charge is 2.28. The van der Waals surface area contributed by atoms with Crippen molar-refractivity contribution in [2.45, 2.75) is 22.8 Å². The maximum atomic E-state index is 9.22. The van der Waals surface area contributed by atoms with E-state index in [9.17, 15) is 13.0 Å². The second-order valence-electron chi connectivity index (χ2n) is 7.19. The molecule has 2 aromatic carbocycles. The molecule has 0 amide bonds. The lowest BCUT2D eigenvalue weighted by Gasteiger charge is -2.39. The van der Waals surface area contributed by atoms with Crippen LogP contribution in [0.3, 0.4) is 0 Å². The molecule has 0 N–H and O–H groups in total. The molecule has 0 spiro atoms. The molecule has 156 valence electrons. The van der Waals surface area contributed by atoms with Gasteiger partial charge in [-0.3, -0.25) is 4.18 Å². The molecule has 1 aliphatic rings. The summed E-state index contributed by atoms with van der Waals surface area (Å²) >= 11 is 1.87. The fourth-order valence-electron chi connectivity index (χ4n) is 2.49. The Morgan fingerprint density at radius 2 is 1.43 bits per heavy atom. The van der Waals surface area contributed by atoms with E-state index in [0.29, 0.717) is 6.04 Å². The van der Waals surface area contributed by atoms with Crippen molar-refractivity contribution in [1.82, 2.24) is 0 Å². The second-order valence-corrected chi connectivity index (χ2v) is 9.42. The fraction of sp³-hybridized carbons (Fsp3) is 0.368. The Morgan fingerprint density at radius 3 is 1.79 bits per heavy atom. The Bertz CT molecular complexity index is 840. The first-order valence-electron chi connectivity index (χ1n) is 8.49. The van der Waals surface area contributed by atoms with Gasteiger partial charge >= 0.3 is 0 Å². The Balaban J connectivity index is 0.000000492. The number of quaternary nitrogens is 1. The average Bonchev–Trinajstić information content (AvgIpc) is 2.60. The minimum atomic E-state index is -4.41. The highest BCUT2D eigenvalue weighted by atomic mass is 35.5. The van der Waals surface area contributed by atoms with E-state index in [1.54, 1.807) is 0 Å². The number of hydrogen-bond acceptors (Lipinski definition) is 6. The Morgan fingerprint density at radius 1 is 1.04 bits per heavy atom. The van der Waals surface area contributed by atoms with Gasteiger partial charge in [0.25, 0.3) is 0 Å². The molecule has 0 radical (unpaired) electrons. The second kappa shape index (κ2) is 9.96. The zero-order valence-corrected chi connectivity index (χ0v) is 19.1. The third kappa shape index (κ3) is 6.65. The topological polar surface area (TPSA) is 69.7 Å². The smallest absolute Gasteiger partial charge is 0.217 e. The molecular weight excluding hydrogens is 420 g/mol. The standard InChI is InChI=1S/C18H23N2S.CH4O4S.ClH/c1-14(20(2,3)4)13-19-15-9-5-7-11-17(15)21-18-12-8-6-10-16(18)19;1-5-6(2,3)4;/h5-12,14H,13H2,1-4H3;1H3,(H,2,3,4);1H/q+1;;/p-1. The molecule has 1 unspecified atom stereocenters. The maximum absolute atomic E-state index is 9.22. The van der Waals surface area contributed by atoms with Crippen LogP contribution in [-0.2, 0) is 14.6 Å². The van der Waals surface area contributed by atoms with Gasteiger partial charge in [-0.05, 0) is 31.2 Å². The average molecular weight is 447 g/mol. The Labute approximate surface area is 178 Å². The van der Waals surface area contributed by atoms with Crippen LogP contribution in [0.4, 0.5) is 11.4 Å². The van der Waals surface area contributed by atoms with E-state index in [0.717, 1.165) is 18.1 Å². The van der Waals surface area contributed by atoms with E-state index in [4.69, 9.17) is 0 Å². The zero-order chi connectivity index (χ0) is 20.2. The lowest BCUT2D eigenvalue weighted by molar-refractivity contribution is -0.892. The summed E-state index contributed by atoms with van der Waals surface area (Å²) in [5.74, 6) is 0. The molecule has 0 saturated heterocycles. The van der Waals surface area contributed by atoms with E-state index in [2.05, 4.69) is 85.7 Å². The van der Waals surface area contributed by atoms with Crippen molar-refractivity contribution in [2.24, 2.45) is 0 Å². The van der Waals surface area contributed by atoms with E-state index in [1.807, 2.05) is 11.8 Å². The van der Waals surface area contributed by atoms with Crippen LogP contribution in [0.5, 0.6) is 0 Å².